The molecule has 0 fully saturated rings. The molecular weight excluding hydrogens is 344 g/mol. The molecule has 1 heterocycles. The predicted octanol–water partition coefficient (Wildman–Crippen LogP) is 4.80. The molecule has 1 rings (SSSR count). The van der Waals surface area contributed by atoms with Gasteiger partial charge in [0, 0.05) is 11.4 Å². The summed E-state index contributed by atoms with van der Waals surface area (Å²) >= 11 is 7.38. The van der Waals surface area contributed by atoms with Gasteiger partial charge < -0.3 is 0 Å². The molecule has 1 atom stereocenters. The van der Waals surface area contributed by atoms with Crippen LogP contribution in [-0.4, -0.2) is 14.6 Å². The van der Waals surface area contributed by atoms with E-state index in [1.54, 1.807) is 0 Å². The lowest BCUT2D eigenvalue weighted by molar-refractivity contribution is 0.382. The van der Waals surface area contributed by atoms with Crippen LogP contribution in [0.5, 0.6) is 0 Å². The number of aryl methyl sites for hydroxylation is 1. The van der Waals surface area contributed by atoms with E-state index in [0.717, 1.165) is 30.3 Å². The highest BCUT2D eigenvalue weighted by molar-refractivity contribution is 9.10. The lowest BCUT2D eigenvalue weighted by atomic mass is 9.89. The summed E-state index contributed by atoms with van der Waals surface area (Å²) in [5, 5.41) is 4.40. The molecule has 0 aliphatic carbocycles. The van der Waals surface area contributed by atoms with Crippen LogP contribution in [0.15, 0.2) is 10.7 Å². The van der Waals surface area contributed by atoms with E-state index in [1.165, 1.54) is 5.69 Å². The molecule has 1 aromatic rings. The molecule has 0 spiro atoms. The van der Waals surface area contributed by atoms with E-state index < -0.39 is 0 Å². The first-order chi connectivity index (χ1) is 7.86. The van der Waals surface area contributed by atoms with Crippen LogP contribution in [0.25, 0.3) is 0 Å². The fourth-order valence-corrected chi connectivity index (χ4v) is 2.46. The van der Waals surface area contributed by atoms with Crippen LogP contribution in [0.2, 0.25) is 0 Å². The molecule has 0 saturated carbocycles. The highest BCUT2D eigenvalue weighted by Gasteiger charge is 2.22. The number of nitrogens with zero attached hydrogens (tertiary/aromatic N) is 2. The number of rotatable bonds is 5. The van der Waals surface area contributed by atoms with E-state index in [2.05, 4.69) is 69.3 Å². The molecule has 0 aliphatic heterocycles. The first-order valence-corrected chi connectivity index (χ1v) is 7.91. The topological polar surface area (TPSA) is 17.8 Å². The van der Waals surface area contributed by atoms with Crippen LogP contribution < -0.4 is 0 Å². The van der Waals surface area contributed by atoms with E-state index in [1.807, 2.05) is 6.20 Å². The van der Waals surface area contributed by atoms with E-state index in [0.29, 0.717) is 10.2 Å². The number of alkyl halides is 1. The molecule has 0 bridgehead atoms. The first kappa shape index (κ1) is 15.2. The largest absolute Gasteiger partial charge is 0.268 e. The third kappa shape index (κ3) is 4.40. The Labute approximate surface area is 121 Å². The summed E-state index contributed by atoms with van der Waals surface area (Å²) in [6.45, 7) is 9.99. The van der Waals surface area contributed by atoms with Crippen molar-refractivity contribution in [2.45, 2.75) is 58.3 Å². The van der Waals surface area contributed by atoms with Gasteiger partial charge in [-0.15, -0.1) is 0 Å². The van der Waals surface area contributed by atoms with Crippen molar-refractivity contribution >= 4 is 31.9 Å². The van der Waals surface area contributed by atoms with Crippen LogP contribution in [0.3, 0.4) is 0 Å². The molecule has 0 N–H and O–H groups in total. The zero-order chi connectivity index (χ0) is 13.1. The van der Waals surface area contributed by atoms with Crippen LogP contribution in [0, 0.1) is 5.41 Å². The van der Waals surface area contributed by atoms with E-state index >= 15 is 0 Å². The Bertz CT molecular complexity index is 353. The maximum atomic E-state index is 4.40. The van der Waals surface area contributed by atoms with Crippen molar-refractivity contribution in [2.24, 2.45) is 5.41 Å². The number of hydrogen-bond donors (Lipinski definition) is 0. The number of halogens is 2. The summed E-state index contributed by atoms with van der Waals surface area (Å²) in [6.07, 6.45) is 5.23. The minimum Gasteiger partial charge on any atom is -0.268 e. The monoisotopic (exact) mass is 364 g/mol. The third-order valence-corrected chi connectivity index (χ3v) is 5.40. The molecule has 0 aliphatic rings. The summed E-state index contributed by atoms with van der Waals surface area (Å²) in [7, 11) is 0. The maximum Gasteiger partial charge on any atom is 0.0635 e. The van der Waals surface area contributed by atoms with Gasteiger partial charge in [-0.2, -0.15) is 5.10 Å². The van der Waals surface area contributed by atoms with Crippen LogP contribution in [-0.2, 0) is 13.0 Å². The van der Waals surface area contributed by atoms with Crippen LogP contribution >= 0.6 is 31.9 Å². The highest BCUT2D eigenvalue weighted by Crippen LogP contribution is 2.30. The Morgan fingerprint density at radius 1 is 1.41 bits per heavy atom. The fraction of sp³-hybridized carbons (Fsp3) is 0.769. The lowest BCUT2D eigenvalue weighted by Gasteiger charge is -2.25. The third-order valence-electron chi connectivity index (χ3n) is 2.91. The SMILES string of the molecule is CCCn1ncc(Br)c1CCC(Br)C(C)(C)C. The highest BCUT2D eigenvalue weighted by atomic mass is 79.9. The quantitative estimate of drug-likeness (QED) is 0.685. The Kier molecular flexibility index (Phi) is 5.71. The Morgan fingerprint density at radius 2 is 2.06 bits per heavy atom. The van der Waals surface area contributed by atoms with Gasteiger partial charge in [0.2, 0.25) is 0 Å². The molecular formula is C13H22Br2N2. The molecule has 1 aromatic heterocycles. The van der Waals surface area contributed by atoms with E-state index in [9.17, 15) is 0 Å². The van der Waals surface area contributed by atoms with Gasteiger partial charge in [0.05, 0.1) is 16.4 Å². The minimum absolute atomic E-state index is 0.308. The second kappa shape index (κ2) is 6.37. The van der Waals surface area contributed by atoms with Gasteiger partial charge >= 0.3 is 0 Å². The zero-order valence-corrected chi connectivity index (χ0v) is 14.3. The number of aromatic nitrogens is 2. The van der Waals surface area contributed by atoms with Crippen molar-refractivity contribution < 1.29 is 0 Å². The molecule has 0 aromatic carbocycles. The standard InChI is InChI=1S/C13H22Br2N2/c1-5-8-17-11(10(14)9-16-17)6-7-12(15)13(2,3)4/h9,12H,5-8H2,1-4H3. The Balaban J connectivity index is 2.65. The molecule has 0 radical (unpaired) electrons. The number of hydrogen-bond acceptors (Lipinski definition) is 1. The first-order valence-electron chi connectivity index (χ1n) is 6.20. The van der Waals surface area contributed by atoms with E-state index in [4.69, 9.17) is 0 Å². The van der Waals surface area contributed by atoms with Gasteiger partial charge in [0.15, 0.2) is 0 Å². The smallest absolute Gasteiger partial charge is 0.0635 e. The molecule has 1 unspecified atom stereocenters. The van der Waals surface area contributed by atoms with Crippen molar-refractivity contribution in [3.05, 3.63) is 16.4 Å². The zero-order valence-electron chi connectivity index (χ0n) is 11.1. The summed E-state index contributed by atoms with van der Waals surface area (Å²) in [4.78, 5) is 0.534. The van der Waals surface area contributed by atoms with Crippen LogP contribution in [0.1, 0.15) is 46.2 Å². The van der Waals surface area contributed by atoms with Gasteiger partial charge in [-0.25, -0.2) is 0 Å². The molecule has 17 heavy (non-hydrogen) atoms. The van der Waals surface area contributed by atoms with E-state index in [-0.39, 0.29) is 0 Å². The maximum absolute atomic E-state index is 4.40. The van der Waals surface area contributed by atoms with Gasteiger partial charge in [-0.3, -0.25) is 4.68 Å². The molecule has 2 nitrogen and oxygen atoms in total. The molecule has 4 heteroatoms. The van der Waals surface area contributed by atoms with Crippen molar-refractivity contribution in [1.82, 2.24) is 9.78 Å². The minimum atomic E-state index is 0.308. The summed E-state index contributed by atoms with van der Waals surface area (Å²) < 4.78 is 3.26. The van der Waals surface area contributed by atoms with Gasteiger partial charge in [0.1, 0.15) is 0 Å². The van der Waals surface area contributed by atoms with Crippen LogP contribution in [0.4, 0.5) is 0 Å². The summed E-state index contributed by atoms with van der Waals surface area (Å²) in [6, 6.07) is 0. The average molecular weight is 366 g/mol. The fourth-order valence-electron chi connectivity index (χ4n) is 1.74. The molecule has 0 saturated heterocycles. The Morgan fingerprint density at radius 3 is 2.59 bits per heavy atom. The normalized spacial score (nSPS) is 14.0. The summed E-state index contributed by atoms with van der Waals surface area (Å²) in [5.41, 5.74) is 1.63. The van der Waals surface area contributed by atoms with Crippen molar-refractivity contribution in [2.75, 3.05) is 0 Å². The van der Waals surface area contributed by atoms with Gasteiger partial charge in [0.25, 0.3) is 0 Å². The van der Waals surface area contributed by atoms with Crippen molar-refractivity contribution in [1.29, 1.82) is 0 Å². The second-order valence-corrected chi connectivity index (χ2v) is 7.49. The van der Waals surface area contributed by atoms with Gasteiger partial charge in [-0.05, 0) is 40.6 Å². The second-order valence-electron chi connectivity index (χ2n) is 5.53. The van der Waals surface area contributed by atoms with Crippen molar-refractivity contribution in [3.8, 4) is 0 Å². The van der Waals surface area contributed by atoms with Crippen molar-refractivity contribution in [3.63, 3.8) is 0 Å². The average Bonchev–Trinajstić information content (AvgIpc) is 2.56. The predicted molar refractivity (Wildman–Crippen MR) is 80.7 cm³/mol. The lowest BCUT2D eigenvalue weighted by Crippen LogP contribution is -2.21. The summed E-state index contributed by atoms with van der Waals surface area (Å²) in [5.74, 6) is 0. The Hall–Kier alpha value is 0.170. The molecule has 0 amide bonds. The molecule has 98 valence electrons. The van der Waals surface area contributed by atoms with Gasteiger partial charge in [-0.1, -0.05) is 43.6 Å².